The lowest BCUT2D eigenvalue weighted by atomic mass is 10.0. The second kappa shape index (κ2) is 7.74. The van der Waals surface area contributed by atoms with Gasteiger partial charge in [-0.2, -0.15) is 0 Å². The van der Waals surface area contributed by atoms with Gasteiger partial charge in [-0.25, -0.2) is 9.78 Å². The van der Waals surface area contributed by atoms with Gasteiger partial charge in [0.2, 0.25) is 5.89 Å². The second-order valence-corrected chi connectivity index (χ2v) is 7.40. The zero-order valence-electron chi connectivity index (χ0n) is 15.3. The highest BCUT2D eigenvalue weighted by molar-refractivity contribution is 6.42. The van der Waals surface area contributed by atoms with Crippen LogP contribution in [0.25, 0.3) is 34.0 Å². The number of oxazole rings is 1. The minimum Gasteiger partial charge on any atom is -0.478 e. The lowest BCUT2D eigenvalue weighted by Crippen LogP contribution is -1.95. The molecule has 1 aromatic heterocycles. The van der Waals surface area contributed by atoms with E-state index < -0.39 is 5.97 Å². The van der Waals surface area contributed by atoms with Crippen LogP contribution in [0, 0.1) is 6.92 Å². The summed E-state index contributed by atoms with van der Waals surface area (Å²) in [6, 6.07) is 19.6. The van der Waals surface area contributed by atoms with Crippen LogP contribution < -0.4 is 0 Å². The number of nitrogens with zero attached hydrogens (tertiary/aromatic N) is 1. The van der Waals surface area contributed by atoms with Gasteiger partial charge in [0, 0.05) is 16.7 Å². The van der Waals surface area contributed by atoms with Crippen LogP contribution in [0.2, 0.25) is 10.0 Å². The first-order chi connectivity index (χ1) is 13.9. The summed E-state index contributed by atoms with van der Waals surface area (Å²) in [6.07, 6.45) is 0. The number of carboxylic acids is 1. The minimum atomic E-state index is -1.01. The molecule has 4 nitrogen and oxygen atoms in total. The first kappa shape index (κ1) is 19.2. The monoisotopic (exact) mass is 423 g/mol. The standard InChI is InChI=1S/C23H15Cl2NO3/c1-13-4-2-5-15(10-13)21-20(14-8-9-18(24)19(25)12-14)26-22(29-21)16-6-3-7-17(11-16)23(27)28/h2-12H,1H3,(H,27,28). The van der Waals surface area contributed by atoms with Gasteiger partial charge >= 0.3 is 5.97 Å². The molecule has 0 fully saturated rings. The van der Waals surface area contributed by atoms with Gasteiger partial charge in [0.05, 0.1) is 15.6 Å². The van der Waals surface area contributed by atoms with E-state index in [1.807, 2.05) is 37.3 Å². The maximum Gasteiger partial charge on any atom is 0.335 e. The molecule has 0 amide bonds. The number of benzene rings is 3. The van der Waals surface area contributed by atoms with Crippen LogP contribution in [0.1, 0.15) is 15.9 Å². The van der Waals surface area contributed by atoms with Crippen LogP contribution in [-0.2, 0) is 0 Å². The predicted octanol–water partition coefficient (Wildman–Crippen LogP) is 6.99. The summed E-state index contributed by atoms with van der Waals surface area (Å²) in [5.41, 5.74) is 4.02. The Labute approximate surface area is 177 Å². The molecule has 0 unspecified atom stereocenters. The van der Waals surface area contributed by atoms with E-state index in [1.54, 1.807) is 24.3 Å². The lowest BCUT2D eigenvalue weighted by Gasteiger charge is -2.04. The largest absolute Gasteiger partial charge is 0.478 e. The number of hydrogen-bond acceptors (Lipinski definition) is 3. The Morgan fingerprint density at radius 3 is 2.38 bits per heavy atom. The molecule has 29 heavy (non-hydrogen) atoms. The van der Waals surface area contributed by atoms with Crippen molar-refractivity contribution in [2.24, 2.45) is 0 Å². The molecule has 0 saturated carbocycles. The third-order valence-electron chi connectivity index (χ3n) is 4.46. The summed E-state index contributed by atoms with van der Waals surface area (Å²) in [6.45, 7) is 2.00. The fraction of sp³-hybridized carbons (Fsp3) is 0.0435. The summed E-state index contributed by atoms with van der Waals surface area (Å²) in [4.78, 5) is 16.0. The molecule has 4 rings (SSSR count). The van der Waals surface area contributed by atoms with Gasteiger partial charge in [0.1, 0.15) is 5.69 Å². The van der Waals surface area contributed by atoms with Crippen molar-refractivity contribution in [1.82, 2.24) is 4.98 Å². The Kier molecular flexibility index (Phi) is 5.14. The van der Waals surface area contributed by atoms with Gasteiger partial charge in [-0.1, -0.05) is 59.1 Å². The highest BCUT2D eigenvalue weighted by Crippen LogP contribution is 2.38. The Morgan fingerprint density at radius 2 is 1.66 bits per heavy atom. The first-order valence-electron chi connectivity index (χ1n) is 8.79. The molecule has 0 aliphatic carbocycles. The van der Waals surface area contributed by atoms with Crippen molar-refractivity contribution in [3.63, 3.8) is 0 Å². The summed E-state index contributed by atoms with van der Waals surface area (Å²) in [7, 11) is 0. The van der Waals surface area contributed by atoms with E-state index in [0.29, 0.717) is 33.0 Å². The Bertz CT molecular complexity index is 1230. The Hall–Kier alpha value is -3.08. The molecule has 0 spiro atoms. The van der Waals surface area contributed by atoms with Crippen molar-refractivity contribution < 1.29 is 14.3 Å². The molecule has 3 aromatic carbocycles. The van der Waals surface area contributed by atoms with Crippen molar-refractivity contribution in [3.8, 4) is 34.0 Å². The predicted molar refractivity (Wildman–Crippen MR) is 115 cm³/mol. The average Bonchev–Trinajstić information content (AvgIpc) is 3.16. The number of aryl methyl sites for hydroxylation is 1. The summed E-state index contributed by atoms with van der Waals surface area (Å²) in [5.74, 6) is -0.115. The van der Waals surface area contributed by atoms with Gasteiger partial charge < -0.3 is 9.52 Å². The number of hydrogen-bond donors (Lipinski definition) is 1. The minimum absolute atomic E-state index is 0.161. The van der Waals surface area contributed by atoms with E-state index in [0.717, 1.165) is 16.7 Å². The highest BCUT2D eigenvalue weighted by atomic mass is 35.5. The average molecular weight is 424 g/mol. The van der Waals surface area contributed by atoms with Crippen molar-refractivity contribution in [3.05, 3.63) is 87.9 Å². The molecular weight excluding hydrogens is 409 g/mol. The summed E-state index contributed by atoms with van der Waals surface area (Å²) in [5, 5.41) is 10.1. The zero-order valence-corrected chi connectivity index (χ0v) is 16.8. The third kappa shape index (κ3) is 3.90. The SMILES string of the molecule is Cc1cccc(-c2oc(-c3cccc(C(=O)O)c3)nc2-c2ccc(Cl)c(Cl)c2)c1. The van der Waals surface area contributed by atoms with Gasteiger partial charge in [-0.05, 0) is 43.3 Å². The molecule has 1 heterocycles. The lowest BCUT2D eigenvalue weighted by molar-refractivity contribution is 0.0697. The Morgan fingerprint density at radius 1 is 0.897 bits per heavy atom. The van der Waals surface area contributed by atoms with Gasteiger partial charge in [0.25, 0.3) is 0 Å². The normalized spacial score (nSPS) is 10.9. The van der Waals surface area contributed by atoms with E-state index in [-0.39, 0.29) is 5.56 Å². The number of aromatic nitrogens is 1. The van der Waals surface area contributed by atoms with Crippen LogP contribution in [0.3, 0.4) is 0 Å². The molecule has 0 aliphatic heterocycles. The number of carboxylic acid groups (broad SMARTS) is 1. The maximum absolute atomic E-state index is 11.3. The molecule has 0 aliphatic rings. The van der Waals surface area contributed by atoms with Crippen LogP contribution in [0.5, 0.6) is 0 Å². The van der Waals surface area contributed by atoms with Crippen molar-refractivity contribution in [1.29, 1.82) is 0 Å². The van der Waals surface area contributed by atoms with E-state index in [4.69, 9.17) is 27.6 Å². The van der Waals surface area contributed by atoms with Gasteiger partial charge in [-0.3, -0.25) is 0 Å². The van der Waals surface area contributed by atoms with E-state index in [1.165, 1.54) is 12.1 Å². The fourth-order valence-corrected chi connectivity index (χ4v) is 3.35. The first-order valence-corrected chi connectivity index (χ1v) is 9.55. The molecule has 1 N–H and O–H groups in total. The molecule has 6 heteroatoms. The topological polar surface area (TPSA) is 63.3 Å². The molecule has 0 bridgehead atoms. The Balaban J connectivity index is 1.92. The summed E-state index contributed by atoms with van der Waals surface area (Å²) < 4.78 is 6.12. The zero-order chi connectivity index (χ0) is 20.5. The van der Waals surface area contributed by atoms with Crippen LogP contribution in [-0.4, -0.2) is 16.1 Å². The number of carbonyl (C=O) groups is 1. The maximum atomic E-state index is 11.3. The van der Waals surface area contributed by atoms with Crippen molar-refractivity contribution in [2.45, 2.75) is 6.92 Å². The number of halogens is 2. The molecule has 4 aromatic rings. The smallest absolute Gasteiger partial charge is 0.335 e. The fourth-order valence-electron chi connectivity index (χ4n) is 3.05. The quantitative estimate of drug-likeness (QED) is 0.384. The number of rotatable bonds is 4. The summed E-state index contributed by atoms with van der Waals surface area (Å²) >= 11 is 12.3. The molecule has 0 saturated heterocycles. The molecular formula is C23H15Cl2NO3. The third-order valence-corrected chi connectivity index (χ3v) is 5.20. The van der Waals surface area contributed by atoms with E-state index in [2.05, 4.69) is 4.98 Å². The van der Waals surface area contributed by atoms with Crippen LogP contribution >= 0.6 is 23.2 Å². The van der Waals surface area contributed by atoms with Crippen molar-refractivity contribution >= 4 is 29.2 Å². The second-order valence-electron chi connectivity index (χ2n) is 6.58. The highest BCUT2D eigenvalue weighted by Gasteiger charge is 2.19. The van der Waals surface area contributed by atoms with Gasteiger partial charge in [-0.15, -0.1) is 0 Å². The van der Waals surface area contributed by atoms with Crippen LogP contribution in [0.4, 0.5) is 0 Å². The molecule has 0 atom stereocenters. The van der Waals surface area contributed by atoms with E-state index >= 15 is 0 Å². The number of aromatic carboxylic acids is 1. The van der Waals surface area contributed by atoms with E-state index in [9.17, 15) is 9.90 Å². The van der Waals surface area contributed by atoms with Crippen LogP contribution in [0.15, 0.2) is 71.1 Å². The van der Waals surface area contributed by atoms with Gasteiger partial charge in [0.15, 0.2) is 5.76 Å². The molecule has 0 radical (unpaired) electrons. The van der Waals surface area contributed by atoms with Crippen molar-refractivity contribution in [2.75, 3.05) is 0 Å². The molecule has 144 valence electrons.